The number of rotatable bonds is 3. The van der Waals surface area contributed by atoms with E-state index >= 15 is 0 Å². The van der Waals surface area contributed by atoms with Gasteiger partial charge >= 0.3 is 6.03 Å². The largest absolute Gasteiger partial charge is 0.331 e. The molecule has 0 bridgehead atoms. The molecule has 0 spiro atoms. The number of nitrogens with one attached hydrogen (secondary N) is 1. The fraction of sp³-hybridized carbons (Fsp3) is 0.769. The van der Waals surface area contributed by atoms with Gasteiger partial charge in [0.2, 0.25) is 11.8 Å². The predicted molar refractivity (Wildman–Crippen MR) is 65.5 cm³/mol. The van der Waals surface area contributed by atoms with E-state index in [-0.39, 0.29) is 17.9 Å². The Balaban J connectivity index is 2.20. The molecule has 2 fully saturated rings. The lowest BCUT2D eigenvalue weighted by molar-refractivity contribution is -0.146. The summed E-state index contributed by atoms with van der Waals surface area (Å²) in [5, 5.41) is 2.30. The van der Waals surface area contributed by atoms with E-state index in [1.165, 1.54) is 4.90 Å². The zero-order valence-corrected chi connectivity index (χ0v) is 11.1. The van der Waals surface area contributed by atoms with Crippen LogP contribution in [0.1, 0.15) is 40.0 Å². The number of amides is 4. The molecule has 0 radical (unpaired) electrons. The number of nitrogens with zero attached hydrogens (tertiary/aromatic N) is 1. The van der Waals surface area contributed by atoms with Gasteiger partial charge in [-0.2, -0.15) is 0 Å². The normalized spacial score (nSPS) is 27.2. The molecule has 1 aliphatic carbocycles. The van der Waals surface area contributed by atoms with Gasteiger partial charge in [0.25, 0.3) is 0 Å². The Bertz CT molecular complexity index is 388. The van der Waals surface area contributed by atoms with Crippen LogP contribution in [-0.2, 0) is 9.59 Å². The van der Waals surface area contributed by atoms with Crippen LogP contribution in [0.3, 0.4) is 0 Å². The smallest absolute Gasteiger partial charge is 0.277 e. The summed E-state index contributed by atoms with van der Waals surface area (Å²) in [5.74, 6) is -1.23. The monoisotopic (exact) mass is 252 g/mol. The lowest BCUT2D eigenvalue weighted by Crippen LogP contribution is -2.63. The second kappa shape index (κ2) is 4.71. The molecule has 5 heteroatoms. The maximum atomic E-state index is 12.3. The summed E-state index contributed by atoms with van der Waals surface area (Å²) in [4.78, 5) is 37.1. The number of imide groups is 2. The molecule has 1 heterocycles. The Hall–Kier alpha value is -1.39. The average Bonchev–Trinajstić information content (AvgIpc) is 2.11. The van der Waals surface area contributed by atoms with Crippen LogP contribution in [0.2, 0.25) is 0 Å². The van der Waals surface area contributed by atoms with Gasteiger partial charge in [-0.1, -0.05) is 20.3 Å². The van der Waals surface area contributed by atoms with Crippen LogP contribution in [0.25, 0.3) is 0 Å². The third kappa shape index (κ3) is 2.02. The van der Waals surface area contributed by atoms with E-state index in [0.29, 0.717) is 5.92 Å². The molecule has 0 aromatic carbocycles. The van der Waals surface area contributed by atoms with Crippen molar-refractivity contribution in [3.05, 3.63) is 0 Å². The molecule has 2 aliphatic rings. The highest BCUT2D eigenvalue weighted by molar-refractivity contribution is 6.16. The van der Waals surface area contributed by atoms with Gasteiger partial charge in [0, 0.05) is 6.04 Å². The second-order valence-electron chi connectivity index (χ2n) is 5.66. The van der Waals surface area contributed by atoms with Gasteiger partial charge in [-0.25, -0.2) is 4.79 Å². The molecule has 1 N–H and O–H groups in total. The molecule has 2 unspecified atom stereocenters. The maximum absolute atomic E-state index is 12.3. The van der Waals surface area contributed by atoms with Crippen molar-refractivity contribution in [2.45, 2.75) is 46.1 Å². The van der Waals surface area contributed by atoms with Crippen molar-refractivity contribution in [3.63, 3.8) is 0 Å². The molecule has 1 saturated carbocycles. The number of hydrogen-bond acceptors (Lipinski definition) is 3. The number of carbonyl (C=O) groups excluding carboxylic acids is 3. The van der Waals surface area contributed by atoms with Crippen molar-refractivity contribution in [2.75, 3.05) is 0 Å². The van der Waals surface area contributed by atoms with Crippen LogP contribution in [0.15, 0.2) is 0 Å². The summed E-state index contributed by atoms with van der Waals surface area (Å²) in [6.45, 7) is 5.54. The van der Waals surface area contributed by atoms with E-state index in [0.717, 1.165) is 19.3 Å². The molecular formula is C13H20N2O3. The van der Waals surface area contributed by atoms with Crippen molar-refractivity contribution in [1.29, 1.82) is 0 Å². The highest BCUT2D eigenvalue weighted by Crippen LogP contribution is 2.34. The van der Waals surface area contributed by atoms with Crippen molar-refractivity contribution in [3.8, 4) is 0 Å². The number of carbonyl (C=O) groups is 3. The zero-order chi connectivity index (χ0) is 13.4. The van der Waals surface area contributed by atoms with Crippen molar-refractivity contribution < 1.29 is 14.4 Å². The fourth-order valence-corrected chi connectivity index (χ4v) is 2.71. The molecular weight excluding hydrogens is 232 g/mol. The third-order valence-corrected chi connectivity index (χ3v) is 4.14. The van der Waals surface area contributed by atoms with Gasteiger partial charge in [-0.05, 0) is 31.6 Å². The van der Waals surface area contributed by atoms with Crippen LogP contribution in [0.4, 0.5) is 4.79 Å². The topological polar surface area (TPSA) is 66.5 Å². The molecule has 1 saturated heterocycles. The lowest BCUT2D eigenvalue weighted by atomic mass is 9.79. The van der Waals surface area contributed by atoms with Crippen LogP contribution in [-0.4, -0.2) is 28.8 Å². The first-order valence-electron chi connectivity index (χ1n) is 6.61. The number of hydrogen-bond donors (Lipinski definition) is 1. The van der Waals surface area contributed by atoms with Crippen LogP contribution < -0.4 is 5.32 Å². The molecule has 4 amide bonds. The number of barbiturate groups is 1. The van der Waals surface area contributed by atoms with Crippen LogP contribution in [0, 0.1) is 17.8 Å². The predicted octanol–water partition coefficient (Wildman–Crippen LogP) is 1.53. The lowest BCUT2D eigenvalue weighted by Gasteiger charge is -2.41. The first kappa shape index (κ1) is 13.1. The van der Waals surface area contributed by atoms with E-state index < -0.39 is 17.9 Å². The minimum absolute atomic E-state index is 0.0957. The third-order valence-electron chi connectivity index (χ3n) is 4.14. The summed E-state index contributed by atoms with van der Waals surface area (Å²) in [5.41, 5.74) is 0. The fourth-order valence-electron chi connectivity index (χ4n) is 2.71. The molecule has 5 nitrogen and oxygen atoms in total. The quantitative estimate of drug-likeness (QED) is 0.774. The minimum atomic E-state index is -0.731. The summed E-state index contributed by atoms with van der Waals surface area (Å²) in [6.07, 6.45) is 3.27. The maximum Gasteiger partial charge on any atom is 0.331 e. The molecule has 18 heavy (non-hydrogen) atoms. The van der Waals surface area contributed by atoms with Gasteiger partial charge < -0.3 is 0 Å². The first-order chi connectivity index (χ1) is 8.43. The van der Waals surface area contributed by atoms with Gasteiger partial charge in [0.1, 0.15) is 5.92 Å². The highest BCUT2D eigenvalue weighted by atomic mass is 16.2. The first-order valence-corrected chi connectivity index (χ1v) is 6.61. The van der Waals surface area contributed by atoms with Gasteiger partial charge in [0.05, 0.1) is 0 Å². The SMILES string of the molecule is CC(C)C1C(=O)NC(=O)N(C(C)C2CCC2)C1=O. The standard InChI is InChI=1S/C13H20N2O3/c1-7(2)10-11(16)14-13(18)15(12(10)17)8(3)9-5-4-6-9/h7-10H,4-6H2,1-3H3,(H,14,16,18). The summed E-state index contributed by atoms with van der Waals surface area (Å²) in [6, 6.07) is -0.665. The Morgan fingerprint density at radius 3 is 2.22 bits per heavy atom. The Kier molecular flexibility index (Phi) is 3.41. The van der Waals surface area contributed by atoms with Crippen LogP contribution in [0.5, 0.6) is 0 Å². The zero-order valence-electron chi connectivity index (χ0n) is 11.1. The van der Waals surface area contributed by atoms with Crippen molar-refractivity contribution >= 4 is 17.8 Å². The summed E-state index contributed by atoms with van der Waals surface area (Å²) in [7, 11) is 0. The summed E-state index contributed by atoms with van der Waals surface area (Å²) >= 11 is 0. The van der Waals surface area contributed by atoms with Gasteiger partial charge in [-0.3, -0.25) is 19.8 Å². The highest BCUT2D eigenvalue weighted by Gasteiger charge is 2.45. The molecule has 2 atom stereocenters. The van der Waals surface area contributed by atoms with E-state index in [2.05, 4.69) is 5.32 Å². The van der Waals surface area contributed by atoms with Crippen LogP contribution >= 0.6 is 0 Å². The molecule has 0 aromatic heterocycles. The van der Waals surface area contributed by atoms with Gasteiger partial charge in [-0.15, -0.1) is 0 Å². The van der Waals surface area contributed by atoms with Gasteiger partial charge in [0.15, 0.2) is 0 Å². The van der Waals surface area contributed by atoms with E-state index in [1.807, 2.05) is 20.8 Å². The Labute approximate surface area is 107 Å². The molecule has 1 aliphatic heterocycles. The Morgan fingerprint density at radius 2 is 1.78 bits per heavy atom. The number of urea groups is 1. The van der Waals surface area contributed by atoms with Crippen molar-refractivity contribution in [2.24, 2.45) is 17.8 Å². The second-order valence-corrected chi connectivity index (χ2v) is 5.66. The minimum Gasteiger partial charge on any atom is -0.277 e. The van der Waals surface area contributed by atoms with E-state index in [9.17, 15) is 14.4 Å². The average molecular weight is 252 g/mol. The van der Waals surface area contributed by atoms with E-state index in [1.54, 1.807) is 0 Å². The van der Waals surface area contributed by atoms with E-state index in [4.69, 9.17) is 0 Å². The molecule has 100 valence electrons. The molecule has 0 aromatic rings. The molecule has 2 rings (SSSR count). The summed E-state index contributed by atoms with van der Waals surface area (Å²) < 4.78 is 0. The van der Waals surface area contributed by atoms with Crippen molar-refractivity contribution in [1.82, 2.24) is 10.2 Å². The Morgan fingerprint density at radius 1 is 1.17 bits per heavy atom.